The molecule has 5 nitrogen and oxygen atoms in total. The van der Waals surface area contributed by atoms with Crippen LogP contribution < -0.4 is 5.73 Å². The Balaban J connectivity index is 2.23. The van der Waals surface area contributed by atoms with E-state index in [1.807, 2.05) is 7.05 Å². The second kappa shape index (κ2) is 2.76. The van der Waals surface area contributed by atoms with Gasteiger partial charge in [-0.1, -0.05) is 0 Å². The van der Waals surface area contributed by atoms with Gasteiger partial charge in [0.15, 0.2) is 0 Å². The first-order valence-corrected chi connectivity index (χ1v) is 4.22. The number of aromatic nitrogens is 2. The van der Waals surface area contributed by atoms with Crippen molar-refractivity contribution < 1.29 is 4.79 Å². The minimum Gasteiger partial charge on any atom is -0.382 e. The Hall–Kier alpha value is -1.52. The molecule has 1 atom stereocenters. The van der Waals surface area contributed by atoms with Crippen LogP contribution in [0.15, 0.2) is 12.5 Å². The highest BCUT2D eigenvalue weighted by molar-refractivity contribution is 5.82. The van der Waals surface area contributed by atoms with Gasteiger partial charge in [-0.15, -0.1) is 0 Å². The van der Waals surface area contributed by atoms with Gasteiger partial charge in [-0.05, 0) is 6.42 Å². The van der Waals surface area contributed by atoms with E-state index in [0.29, 0.717) is 5.82 Å². The second-order valence-corrected chi connectivity index (χ2v) is 3.31. The summed E-state index contributed by atoms with van der Waals surface area (Å²) in [4.78, 5) is 17.2. The molecule has 2 rings (SSSR count). The number of hydrogen-bond acceptors (Lipinski definition) is 3. The van der Waals surface area contributed by atoms with E-state index in [4.69, 9.17) is 5.73 Å². The molecule has 13 heavy (non-hydrogen) atoms. The number of anilines is 1. The van der Waals surface area contributed by atoms with Crippen molar-refractivity contribution >= 4 is 11.7 Å². The van der Waals surface area contributed by atoms with Gasteiger partial charge in [-0.2, -0.15) is 0 Å². The Labute approximate surface area is 76.2 Å². The van der Waals surface area contributed by atoms with Crippen LogP contribution in [0.3, 0.4) is 0 Å². The Bertz CT molecular complexity index is 333. The van der Waals surface area contributed by atoms with E-state index in [9.17, 15) is 4.79 Å². The molecular weight excluding hydrogens is 168 g/mol. The van der Waals surface area contributed by atoms with Gasteiger partial charge in [0.25, 0.3) is 0 Å². The number of likely N-dealkylation sites (tertiary alicyclic amines) is 1. The average molecular weight is 180 g/mol. The summed E-state index contributed by atoms with van der Waals surface area (Å²) in [6.45, 7) is 0.807. The van der Waals surface area contributed by atoms with E-state index in [1.54, 1.807) is 22.0 Å². The summed E-state index contributed by atoms with van der Waals surface area (Å²) >= 11 is 0. The summed E-state index contributed by atoms with van der Waals surface area (Å²) < 4.78 is 1.78. The fourth-order valence-corrected chi connectivity index (χ4v) is 1.60. The highest BCUT2D eigenvalue weighted by Crippen LogP contribution is 2.22. The van der Waals surface area contributed by atoms with Crippen molar-refractivity contribution in [1.82, 2.24) is 14.5 Å². The highest BCUT2D eigenvalue weighted by Gasteiger charge is 2.30. The number of carbonyl (C=O) groups is 1. The number of rotatable bonds is 1. The first-order valence-electron chi connectivity index (χ1n) is 4.22. The lowest BCUT2D eigenvalue weighted by Gasteiger charge is -2.10. The molecule has 1 fully saturated rings. The number of nitrogens with zero attached hydrogens (tertiary/aromatic N) is 3. The third-order valence-corrected chi connectivity index (χ3v) is 2.38. The SMILES string of the molecule is CN1CCC(n2cnc(N)c2)C1=O. The first-order chi connectivity index (χ1) is 6.18. The van der Waals surface area contributed by atoms with Gasteiger partial charge in [-0.3, -0.25) is 4.79 Å². The fraction of sp³-hybridized carbons (Fsp3) is 0.500. The number of imidazole rings is 1. The maximum absolute atomic E-state index is 11.6. The van der Waals surface area contributed by atoms with Gasteiger partial charge in [0.05, 0.1) is 6.33 Å². The van der Waals surface area contributed by atoms with Crippen LogP contribution in [0.4, 0.5) is 5.82 Å². The van der Waals surface area contributed by atoms with E-state index in [0.717, 1.165) is 13.0 Å². The van der Waals surface area contributed by atoms with Crippen molar-refractivity contribution in [3.8, 4) is 0 Å². The van der Waals surface area contributed by atoms with E-state index in [-0.39, 0.29) is 11.9 Å². The third-order valence-electron chi connectivity index (χ3n) is 2.38. The monoisotopic (exact) mass is 180 g/mol. The van der Waals surface area contributed by atoms with Crippen molar-refractivity contribution in [2.45, 2.75) is 12.5 Å². The molecule has 1 amide bonds. The Morgan fingerprint density at radius 2 is 2.46 bits per heavy atom. The van der Waals surface area contributed by atoms with Crippen molar-refractivity contribution in [3.05, 3.63) is 12.5 Å². The molecule has 1 saturated heterocycles. The molecule has 1 aliphatic heterocycles. The van der Waals surface area contributed by atoms with Gasteiger partial charge >= 0.3 is 0 Å². The fourth-order valence-electron chi connectivity index (χ4n) is 1.60. The van der Waals surface area contributed by atoms with Crippen molar-refractivity contribution in [2.75, 3.05) is 19.3 Å². The predicted octanol–water partition coefficient (Wildman–Crippen LogP) is -0.132. The Morgan fingerprint density at radius 3 is 2.92 bits per heavy atom. The van der Waals surface area contributed by atoms with Gasteiger partial charge in [0.2, 0.25) is 5.91 Å². The smallest absolute Gasteiger partial charge is 0.245 e. The van der Waals surface area contributed by atoms with Crippen LogP contribution >= 0.6 is 0 Å². The van der Waals surface area contributed by atoms with Crippen LogP contribution in [0.2, 0.25) is 0 Å². The summed E-state index contributed by atoms with van der Waals surface area (Å²) in [6, 6.07) is -0.102. The van der Waals surface area contributed by atoms with Gasteiger partial charge < -0.3 is 15.2 Å². The summed E-state index contributed by atoms with van der Waals surface area (Å²) in [5.74, 6) is 0.597. The average Bonchev–Trinajstić information content (AvgIpc) is 2.62. The maximum Gasteiger partial charge on any atom is 0.245 e. The molecule has 0 spiro atoms. The molecule has 0 aliphatic carbocycles. The number of likely N-dealkylation sites (N-methyl/N-ethyl adjacent to an activating group) is 1. The van der Waals surface area contributed by atoms with Crippen molar-refractivity contribution in [3.63, 3.8) is 0 Å². The molecule has 0 radical (unpaired) electrons. The van der Waals surface area contributed by atoms with Gasteiger partial charge in [-0.25, -0.2) is 4.98 Å². The molecule has 1 unspecified atom stereocenters. The van der Waals surface area contributed by atoms with Crippen LogP contribution in [0.25, 0.3) is 0 Å². The minimum atomic E-state index is -0.102. The van der Waals surface area contributed by atoms with Crippen molar-refractivity contribution in [2.24, 2.45) is 0 Å². The van der Waals surface area contributed by atoms with Crippen LogP contribution in [0.1, 0.15) is 12.5 Å². The number of hydrogen-bond donors (Lipinski definition) is 1. The lowest BCUT2D eigenvalue weighted by atomic mass is 10.2. The lowest BCUT2D eigenvalue weighted by molar-refractivity contribution is -0.129. The standard InChI is InChI=1S/C8H12N4O/c1-11-3-2-6(8(11)13)12-4-7(9)10-5-12/h4-6H,2-3,9H2,1H3. The predicted molar refractivity (Wildman–Crippen MR) is 47.9 cm³/mol. The maximum atomic E-state index is 11.6. The summed E-state index contributed by atoms with van der Waals surface area (Å²) in [7, 11) is 1.81. The molecule has 0 aromatic carbocycles. The largest absolute Gasteiger partial charge is 0.382 e. The summed E-state index contributed by atoms with van der Waals surface area (Å²) in [6.07, 6.45) is 4.14. The number of nitrogens with two attached hydrogens (primary N) is 1. The lowest BCUT2D eigenvalue weighted by Crippen LogP contribution is -2.23. The van der Waals surface area contributed by atoms with E-state index < -0.39 is 0 Å². The molecule has 0 bridgehead atoms. The van der Waals surface area contributed by atoms with E-state index in [1.165, 1.54) is 0 Å². The van der Waals surface area contributed by atoms with Gasteiger partial charge in [0, 0.05) is 19.8 Å². The summed E-state index contributed by atoms with van der Waals surface area (Å²) in [5.41, 5.74) is 5.47. The first kappa shape index (κ1) is 8.10. The van der Waals surface area contributed by atoms with E-state index in [2.05, 4.69) is 4.98 Å². The summed E-state index contributed by atoms with van der Waals surface area (Å²) in [5, 5.41) is 0. The Kier molecular flexibility index (Phi) is 1.72. The third kappa shape index (κ3) is 1.26. The molecule has 2 heterocycles. The van der Waals surface area contributed by atoms with Crippen LogP contribution in [-0.2, 0) is 4.79 Å². The van der Waals surface area contributed by atoms with Crippen LogP contribution in [0.5, 0.6) is 0 Å². The van der Waals surface area contributed by atoms with Crippen LogP contribution in [-0.4, -0.2) is 34.0 Å². The van der Waals surface area contributed by atoms with Crippen LogP contribution in [0, 0.1) is 0 Å². The molecule has 0 saturated carbocycles. The second-order valence-electron chi connectivity index (χ2n) is 3.31. The quantitative estimate of drug-likeness (QED) is 0.654. The molecule has 1 aliphatic rings. The molecular formula is C8H12N4O. The number of nitrogen functional groups attached to an aromatic ring is 1. The zero-order chi connectivity index (χ0) is 9.42. The number of amides is 1. The number of carbonyl (C=O) groups excluding carboxylic acids is 1. The zero-order valence-corrected chi connectivity index (χ0v) is 7.47. The highest BCUT2D eigenvalue weighted by atomic mass is 16.2. The Morgan fingerprint density at radius 1 is 1.69 bits per heavy atom. The van der Waals surface area contributed by atoms with Crippen molar-refractivity contribution in [1.29, 1.82) is 0 Å². The topological polar surface area (TPSA) is 64.2 Å². The zero-order valence-electron chi connectivity index (χ0n) is 7.47. The molecule has 70 valence electrons. The molecule has 1 aromatic rings. The minimum absolute atomic E-state index is 0.102. The molecule has 2 N–H and O–H groups in total. The molecule has 5 heteroatoms. The normalized spacial score (nSPS) is 22.7. The molecule has 1 aromatic heterocycles. The van der Waals surface area contributed by atoms with E-state index >= 15 is 0 Å². The van der Waals surface area contributed by atoms with Gasteiger partial charge in [0.1, 0.15) is 11.9 Å².